The number of ether oxygens (including phenoxy) is 3. The van der Waals surface area contributed by atoms with Gasteiger partial charge in [0.2, 0.25) is 5.79 Å². The van der Waals surface area contributed by atoms with Gasteiger partial charge in [-0.1, -0.05) is 13.8 Å². The fraction of sp³-hybridized carbons (Fsp3) is 0.667. The van der Waals surface area contributed by atoms with Crippen LogP contribution in [-0.4, -0.2) is 29.8 Å². The summed E-state index contributed by atoms with van der Waals surface area (Å²) in [5, 5.41) is 11.1. The number of rotatable bonds is 5. The molecule has 10 heteroatoms. The third-order valence-corrected chi connectivity index (χ3v) is 9.45. The van der Waals surface area contributed by atoms with Gasteiger partial charge >= 0.3 is 11.9 Å². The number of fused-ring (bicyclic) bond motifs is 1. The standard InChI is InChI=1S/C24H26F2I2O6/c1-11(2)19(23(25,26)20(29)30)33-21(31)22-7-12-3-14(8-22)24(15(4-12)9-22)32-10-13-5-16(27)6-17(28)18(13)34-24/h5-6,11-12,14-15,19H,3-4,7-10H2,1-2H3,(H,29,30)/p-1. The van der Waals surface area contributed by atoms with Gasteiger partial charge in [-0.25, -0.2) is 0 Å². The van der Waals surface area contributed by atoms with Gasteiger partial charge < -0.3 is 24.1 Å². The van der Waals surface area contributed by atoms with Crippen LogP contribution < -0.4 is 9.84 Å². The van der Waals surface area contributed by atoms with E-state index in [4.69, 9.17) is 14.2 Å². The molecular formula is C24H25F2I2O6-. The Balaban J connectivity index is 1.42. The number of esters is 1. The molecule has 0 N–H and O–H groups in total. The lowest BCUT2D eigenvalue weighted by Crippen LogP contribution is -2.67. The molecule has 3 unspecified atom stereocenters. The second kappa shape index (κ2) is 8.39. The van der Waals surface area contributed by atoms with Gasteiger partial charge in [0.25, 0.3) is 0 Å². The minimum atomic E-state index is -4.26. The lowest BCUT2D eigenvalue weighted by atomic mass is 9.47. The maximum absolute atomic E-state index is 14.3. The summed E-state index contributed by atoms with van der Waals surface area (Å²) in [6.45, 7) is 3.24. The summed E-state index contributed by atoms with van der Waals surface area (Å²) < 4.78 is 49.1. The molecule has 1 heterocycles. The number of carboxylic acid groups (broad SMARTS) is 1. The van der Waals surface area contributed by atoms with Crippen molar-refractivity contribution in [2.45, 2.75) is 70.4 Å². The maximum Gasteiger partial charge on any atom is 0.323 e. The minimum Gasteiger partial charge on any atom is -0.544 e. The molecule has 0 radical (unpaired) electrons. The zero-order valence-electron chi connectivity index (χ0n) is 18.7. The monoisotopic (exact) mass is 701 g/mol. The average molecular weight is 701 g/mol. The van der Waals surface area contributed by atoms with Crippen molar-refractivity contribution in [2.24, 2.45) is 29.1 Å². The number of hydrogen-bond donors (Lipinski definition) is 0. The van der Waals surface area contributed by atoms with Crippen LogP contribution in [0.3, 0.4) is 0 Å². The molecule has 0 saturated heterocycles. The number of carboxylic acids is 1. The maximum atomic E-state index is 14.3. The van der Waals surface area contributed by atoms with Crippen LogP contribution in [-0.2, 0) is 25.7 Å². The van der Waals surface area contributed by atoms with Crippen molar-refractivity contribution in [3.8, 4) is 5.75 Å². The fourth-order valence-electron chi connectivity index (χ4n) is 6.78. The summed E-state index contributed by atoms with van der Waals surface area (Å²) in [5.41, 5.74) is 0.0671. The molecule has 186 valence electrons. The quantitative estimate of drug-likeness (QED) is 0.337. The molecule has 3 atom stereocenters. The Morgan fingerprint density at radius 3 is 2.41 bits per heavy atom. The predicted molar refractivity (Wildman–Crippen MR) is 131 cm³/mol. The largest absolute Gasteiger partial charge is 0.544 e. The smallest absolute Gasteiger partial charge is 0.323 e. The molecule has 1 spiro atoms. The van der Waals surface area contributed by atoms with Gasteiger partial charge in [0.15, 0.2) is 6.10 Å². The Morgan fingerprint density at radius 2 is 1.82 bits per heavy atom. The first-order valence-corrected chi connectivity index (χ1v) is 13.6. The van der Waals surface area contributed by atoms with Crippen LogP contribution in [0.4, 0.5) is 8.78 Å². The Labute approximate surface area is 223 Å². The van der Waals surface area contributed by atoms with Gasteiger partial charge in [-0.2, -0.15) is 8.78 Å². The number of benzene rings is 1. The lowest BCUT2D eigenvalue weighted by molar-refractivity contribution is -0.339. The highest BCUT2D eigenvalue weighted by atomic mass is 127. The molecular weight excluding hydrogens is 676 g/mol. The van der Waals surface area contributed by atoms with Crippen LogP contribution in [0.15, 0.2) is 12.1 Å². The van der Waals surface area contributed by atoms with Gasteiger partial charge in [-0.3, -0.25) is 4.79 Å². The zero-order valence-corrected chi connectivity index (χ0v) is 23.1. The van der Waals surface area contributed by atoms with Crippen molar-refractivity contribution >= 4 is 57.1 Å². The van der Waals surface area contributed by atoms with Gasteiger partial charge in [0, 0.05) is 21.0 Å². The van der Waals surface area contributed by atoms with Gasteiger partial charge in [0.05, 0.1) is 15.6 Å². The summed E-state index contributed by atoms with van der Waals surface area (Å²) in [4.78, 5) is 24.5. The topological polar surface area (TPSA) is 84.9 Å². The van der Waals surface area contributed by atoms with E-state index in [2.05, 4.69) is 51.2 Å². The second-order valence-corrected chi connectivity index (χ2v) is 13.0. The highest BCUT2D eigenvalue weighted by molar-refractivity contribution is 14.1. The molecule has 0 aromatic heterocycles. The molecule has 5 aliphatic rings. The first-order chi connectivity index (χ1) is 15.9. The molecule has 6 nitrogen and oxygen atoms in total. The van der Waals surface area contributed by atoms with E-state index in [0.29, 0.717) is 25.9 Å². The third kappa shape index (κ3) is 3.75. The number of carbonyl (C=O) groups is 2. The van der Waals surface area contributed by atoms with Crippen molar-refractivity contribution < 1.29 is 37.7 Å². The summed E-state index contributed by atoms with van der Waals surface area (Å²) in [6.07, 6.45) is 0.983. The summed E-state index contributed by atoms with van der Waals surface area (Å²) in [5.74, 6) is -8.33. The van der Waals surface area contributed by atoms with E-state index in [1.54, 1.807) is 0 Å². The third-order valence-electron chi connectivity index (χ3n) is 8.03. The van der Waals surface area contributed by atoms with Crippen LogP contribution in [0, 0.1) is 36.2 Å². The number of hydrogen-bond acceptors (Lipinski definition) is 6. The van der Waals surface area contributed by atoms with Crippen LogP contribution in [0.1, 0.15) is 51.5 Å². The number of carbonyl (C=O) groups excluding carboxylic acids is 2. The Bertz CT molecular complexity index is 1030. The Morgan fingerprint density at radius 1 is 1.18 bits per heavy atom. The normalized spacial score (nSPS) is 34.6. The van der Waals surface area contributed by atoms with Crippen LogP contribution >= 0.6 is 45.2 Å². The number of halogens is 4. The van der Waals surface area contributed by atoms with Gasteiger partial charge in [-0.15, -0.1) is 0 Å². The SMILES string of the molecule is CC(C)C(OC(=O)C12CC3CC(C1)C1(OCc4cc(I)cc(I)c4O1)C(C3)C2)C(F)(F)C(=O)[O-]. The molecule has 1 aliphatic heterocycles. The van der Waals surface area contributed by atoms with Crippen molar-refractivity contribution in [1.29, 1.82) is 0 Å². The van der Waals surface area contributed by atoms with E-state index in [1.807, 2.05) is 6.07 Å². The second-order valence-electron chi connectivity index (χ2n) is 10.6. The summed E-state index contributed by atoms with van der Waals surface area (Å²) >= 11 is 4.53. The molecule has 6 rings (SSSR count). The van der Waals surface area contributed by atoms with E-state index in [0.717, 1.165) is 31.3 Å². The van der Waals surface area contributed by atoms with Crippen molar-refractivity contribution in [1.82, 2.24) is 0 Å². The minimum absolute atomic E-state index is 0.0753. The number of aliphatic carboxylic acids is 1. The first-order valence-electron chi connectivity index (χ1n) is 11.5. The summed E-state index contributed by atoms with van der Waals surface area (Å²) in [6, 6.07) is 4.10. The molecule has 4 bridgehead atoms. The molecule has 4 aliphatic carbocycles. The number of alkyl halides is 2. The predicted octanol–water partition coefficient (Wildman–Crippen LogP) is 4.28. The molecule has 1 aromatic rings. The van der Waals surface area contributed by atoms with E-state index < -0.39 is 41.1 Å². The van der Waals surface area contributed by atoms with Crippen LogP contribution in [0.5, 0.6) is 5.75 Å². The zero-order chi connectivity index (χ0) is 24.6. The van der Waals surface area contributed by atoms with E-state index >= 15 is 0 Å². The van der Waals surface area contributed by atoms with Gasteiger partial charge in [-0.05, 0) is 101 Å². The van der Waals surface area contributed by atoms with E-state index in [-0.39, 0.29) is 17.8 Å². The van der Waals surface area contributed by atoms with Crippen molar-refractivity contribution in [3.63, 3.8) is 0 Å². The van der Waals surface area contributed by atoms with E-state index in [9.17, 15) is 23.5 Å². The van der Waals surface area contributed by atoms with Crippen molar-refractivity contribution in [2.75, 3.05) is 0 Å². The molecule has 1 aromatic carbocycles. The highest BCUT2D eigenvalue weighted by Gasteiger charge is 2.68. The first kappa shape index (κ1) is 24.9. The Kier molecular flexibility index (Phi) is 6.15. The average Bonchev–Trinajstić information content (AvgIpc) is 2.75. The molecule has 4 saturated carbocycles. The molecule has 34 heavy (non-hydrogen) atoms. The van der Waals surface area contributed by atoms with Crippen molar-refractivity contribution in [3.05, 3.63) is 24.8 Å². The van der Waals surface area contributed by atoms with E-state index in [1.165, 1.54) is 13.8 Å². The molecule has 4 fully saturated rings. The van der Waals surface area contributed by atoms with Gasteiger partial charge in [0.1, 0.15) is 11.7 Å². The summed E-state index contributed by atoms with van der Waals surface area (Å²) in [7, 11) is 0. The van der Waals surface area contributed by atoms with Crippen LogP contribution in [0.2, 0.25) is 0 Å². The van der Waals surface area contributed by atoms with Crippen LogP contribution in [0.25, 0.3) is 0 Å². The lowest BCUT2D eigenvalue weighted by Gasteiger charge is -2.63. The fourth-order valence-corrected chi connectivity index (χ4v) is 8.85. The highest BCUT2D eigenvalue weighted by Crippen LogP contribution is 2.66. The molecule has 0 amide bonds. The Hall–Kier alpha value is -0.760.